The fraction of sp³-hybridized carbons (Fsp3) is 0.455. The van der Waals surface area contributed by atoms with Crippen LogP contribution in [0.2, 0.25) is 0 Å². The normalized spacial score (nSPS) is 19.2. The van der Waals surface area contributed by atoms with Gasteiger partial charge in [0.15, 0.2) is 0 Å². The summed E-state index contributed by atoms with van der Waals surface area (Å²) in [5.74, 6) is 2.41. The zero-order valence-corrected chi connectivity index (χ0v) is 10.2. The number of aromatic carboxylic acids is 1. The molecular formula is C11H15N3O2S. The summed E-state index contributed by atoms with van der Waals surface area (Å²) < 4.78 is 0. The van der Waals surface area contributed by atoms with Crippen molar-refractivity contribution in [3.05, 3.63) is 17.8 Å². The van der Waals surface area contributed by atoms with Gasteiger partial charge >= 0.3 is 5.97 Å². The van der Waals surface area contributed by atoms with Gasteiger partial charge < -0.3 is 16.2 Å². The predicted molar refractivity (Wildman–Crippen MR) is 69.5 cm³/mol. The fourth-order valence-corrected chi connectivity index (χ4v) is 3.07. The molecule has 1 atom stereocenters. The highest BCUT2D eigenvalue weighted by Crippen LogP contribution is 2.25. The molecule has 5 nitrogen and oxygen atoms in total. The molecule has 92 valence electrons. The Morgan fingerprint density at radius 1 is 1.71 bits per heavy atom. The molecule has 0 amide bonds. The zero-order valence-electron chi connectivity index (χ0n) is 9.35. The summed E-state index contributed by atoms with van der Waals surface area (Å²) >= 11 is 1.94. The van der Waals surface area contributed by atoms with E-state index >= 15 is 0 Å². The molecule has 0 aromatic carbocycles. The van der Waals surface area contributed by atoms with Crippen LogP contribution in [-0.4, -0.2) is 34.1 Å². The second-order valence-corrected chi connectivity index (χ2v) is 5.19. The zero-order chi connectivity index (χ0) is 12.3. The van der Waals surface area contributed by atoms with Crippen molar-refractivity contribution in [3.63, 3.8) is 0 Å². The van der Waals surface area contributed by atoms with Crippen molar-refractivity contribution >= 4 is 29.2 Å². The Hall–Kier alpha value is -1.43. The van der Waals surface area contributed by atoms with Gasteiger partial charge in [-0.15, -0.1) is 0 Å². The van der Waals surface area contributed by atoms with E-state index in [1.165, 1.54) is 24.4 Å². The van der Waals surface area contributed by atoms with Crippen molar-refractivity contribution in [2.75, 3.05) is 29.1 Å². The maximum absolute atomic E-state index is 10.9. The van der Waals surface area contributed by atoms with Gasteiger partial charge in [-0.1, -0.05) is 0 Å². The number of nitrogens with one attached hydrogen (secondary N) is 1. The van der Waals surface area contributed by atoms with E-state index in [1.54, 1.807) is 0 Å². The minimum Gasteiger partial charge on any atom is -0.478 e. The molecule has 1 aromatic heterocycles. The Morgan fingerprint density at radius 2 is 2.53 bits per heavy atom. The largest absolute Gasteiger partial charge is 0.478 e. The number of carboxylic acids is 1. The number of aromatic nitrogens is 1. The Labute approximate surface area is 104 Å². The average molecular weight is 253 g/mol. The molecule has 0 radical (unpaired) electrons. The summed E-state index contributed by atoms with van der Waals surface area (Å²) in [5, 5.41) is 12.1. The first-order valence-corrected chi connectivity index (χ1v) is 6.63. The molecule has 0 saturated carbocycles. The van der Waals surface area contributed by atoms with Crippen LogP contribution in [0.4, 0.5) is 11.5 Å². The Balaban J connectivity index is 2.04. The minimum absolute atomic E-state index is 0.100. The highest BCUT2D eigenvalue weighted by Gasteiger charge is 2.17. The van der Waals surface area contributed by atoms with Crippen molar-refractivity contribution in [3.8, 4) is 0 Å². The number of anilines is 2. The number of carbonyl (C=O) groups is 1. The van der Waals surface area contributed by atoms with Crippen molar-refractivity contribution in [1.29, 1.82) is 0 Å². The maximum Gasteiger partial charge on any atom is 0.337 e. The molecule has 1 fully saturated rings. The highest BCUT2D eigenvalue weighted by molar-refractivity contribution is 7.99. The quantitative estimate of drug-likeness (QED) is 0.754. The van der Waals surface area contributed by atoms with Crippen LogP contribution in [0.15, 0.2) is 12.3 Å². The third-order valence-electron chi connectivity index (χ3n) is 2.80. The van der Waals surface area contributed by atoms with Crippen molar-refractivity contribution in [2.24, 2.45) is 5.92 Å². The van der Waals surface area contributed by atoms with Crippen LogP contribution in [0.3, 0.4) is 0 Å². The monoisotopic (exact) mass is 253 g/mol. The van der Waals surface area contributed by atoms with Gasteiger partial charge in [-0.3, -0.25) is 0 Å². The molecule has 1 unspecified atom stereocenters. The molecule has 1 aromatic rings. The molecule has 4 N–H and O–H groups in total. The molecule has 1 saturated heterocycles. The van der Waals surface area contributed by atoms with E-state index in [9.17, 15) is 4.79 Å². The fourth-order valence-electron chi connectivity index (χ4n) is 1.79. The molecule has 17 heavy (non-hydrogen) atoms. The highest BCUT2D eigenvalue weighted by atomic mass is 32.2. The SMILES string of the molecule is Nc1c(C(=O)O)ccnc1NCC1CCSC1. The third-order valence-corrected chi connectivity index (χ3v) is 4.03. The number of nitrogens with two attached hydrogens (primary N) is 1. The van der Waals surface area contributed by atoms with E-state index < -0.39 is 5.97 Å². The van der Waals surface area contributed by atoms with E-state index in [0.29, 0.717) is 11.7 Å². The van der Waals surface area contributed by atoms with E-state index in [0.717, 1.165) is 12.3 Å². The first kappa shape index (κ1) is 12.0. The van der Waals surface area contributed by atoms with Crippen molar-refractivity contribution < 1.29 is 9.90 Å². The van der Waals surface area contributed by atoms with Crippen LogP contribution in [0.1, 0.15) is 16.8 Å². The minimum atomic E-state index is -1.02. The first-order valence-electron chi connectivity index (χ1n) is 5.48. The number of hydrogen-bond donors (Lipinski definition) is 3. The van der Waals surface area contributed by atoms with Gasteiger partial charge in [0, 0.05) is 12.7 Å². The lowest BCUT2D eigenvalue weighted by Gasteiger charge is -2.13. The number of pyridine rings is 1. The summed E-state index contributed by atoms with van der Waals surface area (Å²) in [5.41, 5.74) is 6.07. The molecule has 2 rings (SSSR count). The van der Waals surface area contributed by atoms with Gasteiger partial charge in [0.05, 0.1) is 11.3 Å². The van der Waals surface area contributed by atoms with Gasteiger partial charge in [0.1, 0.15) is 5.82 Å². The summed E-state index contributed by atoms with van der Waals surface area (Å²) in [6, 6.07) is 1.41. The Kier molecular flexibility index (Phi) is 3.73. The topological polar surface area (TPSA) is 88.2 Å². The summed E-state index contributed by atoms with van der Waals surface area (Å²) in [7, 11) is 0. The van der Waals surface area contributed by atoms with E-state index in [1.807, 2.05) is 11.8 Å². The lowest BCUT2D eigenvalue weighted by molar-refractivity contribution is 0.0698. The Bertz CT molecular complexity index is 419. The first-order chi connectivity index (χ1) is 8.18. The lowest BCUT2D eigenvalue weighted by Crippen LogP contribution is -2.16. The summed E-state index contributed by atoms with van der Waals surface area (Å²) in [6.07, 6.45) is 2.65. The average Bonchev–Trinajstić information content (AvgIpc) is 2.80. The molecular weight excluding hydrogens is 238 g/mol. The van der Waals surface area contributed by atoms with Crippen molar-refractivity contribution in [2.45, 2.75) is 6.42 Å². The number of nitrogen functional groups attached to an aromatic ring is 1. The van der Waals surface area contributed by atoms with Gasteiger partial charge in [-0.05, 0) is 29.9 Å². The molecule has 0 aliphatic carbocycles. The number of thioether (sulfide) groups is 1. The van der Waals surface area contributed by atoms with E-state index in [4.69, 9.17) is 10.8 Å². The van der Waals surface area contributed by atoms with Crippen LogP contribution in [0.25, 0.3) is 0 Å². The third kappa shape index (κ3) is 2.82. The smallest absolute Gasteiger partial charge is 0.337 e. The molecule has 2 heterocycles. The second kappa shape index (κ2) is 5.27. The number of hydrogen-bond acceptors (Lipinski definition) is 5. The van der Waals surface area contributed by atoms with Gasteiger partial charge in [0.25, 0.3) is 0 Å². The summed E-state index contributed by atoms with van der Waals surface area (Å²) in [6.45, 7) is 0.799. The van der Waals surface area contributed by atoms with Crippen LogP contribution in [-0.2, 0) is 0 Å². The molecule has 0 bridgehead atoms. The maximum atomic E-state index is 10.9. The van der Waals surface area contributed by atoms with Crippen LogP contribution >= 0.6 is 11.8 Å². The lowest BCUT2D eigenvalue weighted by atomic mass is 10.1. The van der Waals surface area contributed by atoms with Crippen LogP contribution in [0.5, 0.6) is 0 Å². The molecule has 6 heteroatoms. The molecule has 1 aliphatic rings. The number of nitrogens with zero attached hydrogens (tertiary/aromatic N) is 1. The molecule has 1 aliphatic heterocycles. The standard InChI is InChI=1S/C11H15N3O2S/c12-9-8(11(15)16)1-3-13-10(9)14-5-7-2-4-17-6-7/h1,3,7H,2,4-6,12H2,(H,13,14)(H,15,16). The predicted octanol–water partition coefficient (Wildman–Crippen LogP) is 1.53. The van der Waals surface area contributed by atoms with Crippen molar-refractivity contribution in [1.82, 2.24) is 4.98 Å². The second-order valence-electron chi connectivity index (χ2n) is 4.04. The Morgan fingerprint density at radius 3 is 3.18 bits per heavy atom. The summed E-state index contributed by atoms with van der Waals surface area (Å²) in [4.78, 5) is 15.0. The van der Waals surface area contributed by atoms with Gasteiger partial charge in [-0.25, -0.2) is 9.78 Å². The van der Waals surface area contributed by atoms with E-state index in [-0.39, 0.29) is 11.3 Å². The number of carboxylic acid groups (broad SMARTS) is 1. The molecule has 0 spiro atoms. The van der Waals surface area contributed by atoms with Crippen LogP contribution < -0.4 is 11.1 Å². The van der Waals surface area contributed by atoms with Gasteiger partial charge in [0.2, 0.25) is 0 Å². The van der Waals surface area contributed by atoms with Gasteiger partial charge in [-0.2, -0.15) is 11.8 Å². The number of rotatable bonds is 4. The van der Waals surface area contributed by atoms with Crippen LogP contribution in [0, 0.1) is 5.92 Å². The van der Waals surface area contributed by atoms with E-state index in [2.05, 4.69) is 10.3 Å².